The summed E-state index contributed by atoms with van der Waals surface area (Å²) >= 11 is 5.83. The zero-order valence-corrected chi connectivity index (χ0v) is 12.0. The molecule has 1 aliphatic rings. The van der Waals surface area contributed by atoms with E-state index in [4.69, 9.17) is 16.3 Å². The lowest BCUT2D eigenvalue weighted by Gasteiger charge is -2.40. The summed E-state index contributed by atoms with van der Waals surface area (Å²) in [4.78, 5) is 27.3. The Kier molecular flexibility index (Phi) is 3.63. The minimum absolute atomic E-state index is 0.109. The fourth-order valence-electron chi connectivity index (χ4n) is 2.18. The Bertz CT molecular complexity index is 519. The number of esters is 1. The van der Waals surface area contributed by atoms with Crippen LogP contribution in [0.25, 0.3) is 0 Å². The van der Waals surface area contributed by atoms with Crippen LogP contribution in [0.15, 0.2) is 12.1 Å². The third kappa shape index (κ3) is 2.78. The number of pyridine rings is 1. The van der Waals surface area contributed by atoms with E-state index in [2.05, 4.69) is 4.98 Å². The third-order valence-corrected chi connectivity index (χ3v) is 3.82. The van der Waals surface area contributed by atoms with Crippen LogP contribution in [0.2, 0.25) is 5.15 Å². The van der Waals surface area contributed by atoms with Crippen LogP contribution in [-0.2, 0) is 20.9 Å². The van der Waals surface area contributed by atoms with Gasteiger partial charge in [-0.3, -0.25) is 9.59 Å². The topological polar surface area (TPSA) is 56.3 Å². The Labute approximate surface area is 117 Å². The second-order valence-electron chi connectivity index (χ2n) is 5.45. The van der Waals surface area contributed by atoms with E-state index >= 15 is 0 Å². The van der Waals surface area contributed by atoms with Gasteiger partial charge >= 0.3 is 5.97 Å². The van der Waals surface area contributed by atoms with E-state index in [0.29, 0.717) is 5.15 Å². The Morgan fingerprint density at radius 3 is 2.74 bits per heavy atom. The normalized spacial score (nSPS) is 20.8. The molecule has 19 heavy (non-hydrogen) atoms. The first-order valence-corrected chi connectivity index (χ1v) is 6.51. The van der Waals surface area contributed by atoms with Crippen LogP contribution in [0.4, 0.5) is 0 Å². The van der Waals surface area contributed by atoms with E-state index < -0.39 is 5.41 Å². The average molecular weight is 282 g/mol. The van der Waals surface area contributed by atoms with Crippen molar-refractivity contribution in [2.45, 2.75) is 33.8 Å². The van der Waals surface area contributed by atoms with Gasteiger partial charge in [0.15, 0.2) is 0 Å². The maximum Gasteiger partial charge on any atom is 0.310 e. The first kappa shape index (κ1) is 14.0. The predicted octanol–water partition coefficient (Wildman–Crippen LogP) is 2.70. The molecule has 1 aromatic heterocycles. The Morgan fingerprint density at radius 1 is 1.53 bits per heavy atom. The van der Waals surface area contributed by atoms with Crippen molar-refractivity contribution < 1.29 is 14.3 Å². The quantitative estimate of drug-likeness (QED) is 0.631. The largest absolute Gasteiger partial charge is 0.461 e. The Balaban J connectivity index is 1.96. The summed E-state index contributed by atoms with van der Waals surface area (Å²) in [6, 6.07) is 3.48. The van der Waals surface area contributed by atoms with Gasteiger partial charge < -0.3 is 4.74 Å². The molecule has 0 aliphatic heterocycles. The Morgan fingerprint density at radius 2 is 2.21 bits per heavy atom. The summed E-state index contributed by atoms with van der Waals surface area (Å²) in [5, 5.41) is 0.380. The van der Waals surface area contributed by atoms with E-state index in [1.54, 1.807) is 19.9 Å². The van der Waals surface area contributed by atoms with Gasteiger partial charge in [0.25, 0.3) is 0 Å². The molecule has 1 saturated carbocycles. The van der Waals surface area contributed by atoms with Crippen LogP contribution in [0.3, 0.4) is 0 Å². The van der Waals surface area contributed by atoms with E-state index in [9.17, 15) is 9.59 Å². The molecule has 0 radical (unpaired) electrons. The lowest BCUT2D eigenvalue weighted by atomic mass is 9.61. The van der Waals surface area contributed by atoms with Crippen molar-refractivity contribution in [1.82, 2.24) is 4.98 Å². The zero-order chi connectivity index (χ0) is 14.2. The highest BCUT2D eigenvalue weighted by atomic mass is 35.5. The number of hydrogen-bond acceptors (Lipinski definition) is 4. The van der Waals surface area contributed by atoms with Gasteiger partial charge in [0.05, 0.1) is 5.92 Å². The lowest BCUT2D eigenvalue weighted by molar-refractivity contribution is -0.167. The van der Waals surface area contributed by atoms with E-state index in [1.807, 2.05) is 13.0 Å². The molecule has 0 bridgehead atoms. The van der Waals surface area contributed by atoms with Crippen LogP contribution in [0.1, 0.15) is 31.5 Å². The molecule has 1 fully saturated rings. The van der Waals surface area contributed by atoms with Gasteiger partial charge in [-0.05, 0) is 24.6 Å². The van der Waals surface area contributed by atoms with Gasteiger partial charge in [-0.1, -0.05) is 25.4 Å². The van der Waals surface area contributed by atoms with Gasteiger partial charge in [0, 0.05) is 17.5 Å². The minimum Gasteiger partial charge on any atom is -0.461 e. The lowest BCUT2D eigenvalue weighted by Crippen LogP contribution is -2.49. The van der Waals surface area contributed by atoms with Crippen molar-refractivity contribution in [2.24, 2.45) is 11.3 Å². The fourth-order valence-corrected chi connectivity index (χ4v) is 2.45. The number of aryl methyl sites for hydroxylation is 1. The van der Waals surface area contributed by atoms with Crippen molar-refractivity contribution in [2.75, 3.05) is 0 Å². The zero-order valence-electron chi connectivity index (χ0n) is 11.2. The highest BCUT2D eigenvalue weighted by Crippen LogP contribution is 2.43. The molecule has 1 aromatic rings. The second kappa shape index (κ2) is 4.93. The number of rotatable bonds is 3. The molecule has 0 saturated heterocycles. The van der Waals surface area contributed by atoms with Gasteiger partial charge in [0.2, 0.25) is 0 Å². The Hall–Kier alpha value is -1.42. The van der Waals surface area contributed by atoms with Crippen molar-refractivity contribution in [3.8, 4) is 0 Å². The fraction of sp³-hybridized carbons (Fsp3) is 0.500. The van der Waals surface area contributed by atoms with Gasteiger partial charge in [0.1, 0.15) is 17.5 Å². The summed E-state index contributed by atoms with van der Waals surface area (Å²) in [5.41, 5.74) is 0.982. The van der Waals surface area contributed by atoms with E-state index in [1.165, 1.54) is 0 Å². The van der Waals surface area contributed by atoms with E-state index in [0.717, 1.165) is 11.3 Å². The highest BCUT2D eigenvalue weighted by Gasteiger charge is 2.52. The van der Waals surface area contributed by atoms with Crippen molar-refractivity contribution in [3.05, 3.63) is 28.5 Å². The number of aromatic nitrogens is 1. The maximum absolute atomic E-state index is 11.9. The third-order valence-electron chi connectivity index (χ3n) is 3.63. The number of nitrogens with zero attached hydrogens (tertiary/aromatic N) is 1. The number of ether oxygens (including phenoxy) is 1. The van der Waals surface area contributed by atoms with Crippen LogP contribution in [0.5, 0.6) is 0 Å². The molecule has 0 N–H and O–H groups in total. The van der Waals surface area contributed by atoms with Crippen LogP contribution < -0.4 is 0 Å². The van der Waals surface area contributed by atoms with Crippen LogP contribution in [0, 0.1) is 18.3 Å². The molecule has 1 aliphatic carbocycles. The molecule has 1 heterocycles. The predicted molar refractivity (Wildman–Crippen MR) is 70.7 cm³/mol. The standard InChI is InChI=1S/C14H16ClNO3/c1-8-4-9(5-12(15)16-8)7-19-13(18)10-6-11(17)14(10,2)3/h4-5,10H,6-7H2,1-3H3. The van der Waals surface area contributed by atoms with Crippen molar-refractivity contribution in [3.63, 3.8) is 0 Å². The SMILES string of the molecule is Cc1cc(COC(=O)C2CC(=O)C2(C)C)cc(Cl)n1. The van der Waals surface area contributed by atoms with Crippen LogP contribution >= 0.6 is 11.6 Å². The molecule has 0 amide bonds. The molecule has 0 spiro atoms. The summed E-state index contributed by atoms with van der Waals surface area (Å²) in [7, 11) is 0. The van der Waals surface area contributed by atoms with Gasteiger partial charge in [-0.2, -0.15) is 0 Å². The monoisotopic (exact) mass is 281 g/mol. The number of carbonyl (C=O) groups is 2. The maximum atomic E-state index is 11.9. The molecule has 4 nitrogen and oxygen atoms in total. The highest BCUT2D eigenvalue weighted by molar-refractivity contribution is 6.29. The minimum atomic E-state index is -0.594. The molecule has 2 rings (SSSR count). The van der Waals surface area contributed by atoms with Crippen molar-refractivity contribution in [1.29, 1.82) is 0 Å². The van der Waals surface area contributed by atoms with Gasteiger partial charge in [-0.15, -0.1) is 0 Å². The summed E-state index contributed by atoms with van der Waals surface area (Å²) in [6.07, 6.45) is 0.280. The first-order valence-electron chi connectivity index (χ1n) is 6.13. The molecule has 5 heteroatoms. The van der Waals surface area contributed by atoms with Crippen molar-refractivity contribution >= 4 is 23.4 Å². The molecular formula is C14H16ClNO3. The van der Waals surface area contributed by atoms with E-state index in [-0.39, 0.29) is 30.7 Å². The number of carbonyl (C=O) groups excluding carboxylic acids is 2. The van der Waals surface area contributed by atoms with Gasteiger partial charge in [-0.25, -0.2) is 4.98 Å². The number of hydrogen-bond donors (Lipinski definition) is 0. The molecule has 102 valence electrons. The average Bonchev–Trinajstić information content (AvgIpc) is 2.31. The first-order chi connectivity index (χ1) is 8.80. The number of Topliss-reactive ketones (excluding diaryl/α,β-unsaturated/α-hetero) is 1. The summed E-state index contributed by atoms with van der Waals surface area (Å²) in [6.45, 7) is 5.53. The molecule has 1 unspecified atom stereocenters. The summed E-state index contributed by atoms with van der Waals surface area (Å²) in [5.74, 6) is -0.550. The molecular weight excluding hydrogens is 266 g/mol. The molecule has 1 atom stereocenters. The molecule has 0 aromatic carbocycles. The summed E-state index contributed by atoms with van der Waals surface area (Å²) < 4.78 is 5.25. The van der Waals surface area contributed by atoms with Crippen LogP contribution in [-0.4, -0.2) is 16.7 Å². The number of ketones is 1. The second-order valence-corrected chi connectivity index (χ2v) is 5.84. The smallest absolute Gasteiger partial charge is 0.310 e. The number of halogens is 1.